The van der Waals surface area contributed by atoms with Crippen molar-refractivity contribution in [1.29, 1.82) is 0 Å². The monoisotopic (exact) mass is 377 g/mol. The minimum Gasteiger partial charge on any atom is -0.428 e. The molecule has 2 aliphatic carbocycles. The zero-order valence-electron chi connectivity index (χ0n) is 16.3. The van der Waals surface area contributed by atoms with Crippen LogP contribution < -0.4 is 0 Å². The normalized spacial score (nSPS) is 27.9. The number of esters is 2. The summed E-state index contributed by atoms with van der Waals surface area (Å²) in [6, 6.07) is 0.190. The lowest BCUT2D eigenvalue weighted by molar-refractivity contribution is -0.165. The molecule has 0 amide bonds. The Morgan fingerprint density at radius 1 is 0.963 bits per heavy atom. The number of hydrogen-bond donors (Lipinski definition) is 0. The zero-order valence-corrected chi connectivity index (χ0v) is 16.3. The van der Waals surface area contributed by atoms with Crippen molar-refractivity contribution < 1.29 is 23.9 Å². The second-order valence-corrected chi connectivity index (χ2v) is 8.07. The largest absolute Gasteiger partial charge is 0.428 e. The number of carbonyl (C=O) groups excluding carboxylic acids is 3. The van der Waals surface area contributed by atoms with Crippen molar-refractivity contribution in [2.75, 3.05) is 6.79 Å². The third-order valence-electron chi connectivity index (χ3n) is 5.90. The number of rotatable bonds is 8. The highest BCUT2D eigenvalue weighted by atomic mass is 16.7. The standard InChI is InChI=1S/C21H31NO5/c1-15(2)21(25)27-14-26-20(24)12-18-5-3-16(4-6-18)11-17-7-9-19(10-8-17)22-13-23/h16-19H,1,3-12,14H2,2H3. The molecular weight excluding hydrogens is 346 g/mol. The first-order chi connectivity index (χ1) is 13.0. The lowest BCUT2D eigenvalue weighted by Crippen LogP contribution is -2.23. The molecule has 0 aromatic carbocycles. The molecule has 0 saturated heterocycles. The van der Waals surface area contributed by atoms with E-state index in [-0.39, 0.29) is 24.4 Å². The van der Waals surface area contributed by atoms with Crippen LogP contribution in [0.4, 0.5) is 0 Å². The third-order valence-corrected chi connectivity index (χ3v) is 5.90. The van der Waals surface area contributed by atoms with Crippen molar-refractivity contribution in [3.8, 4) is 0 Å². The highest BCUT2D eigenvalue weighted by Crippen LogP contribution is 2.38. The molecule has 2 rings (SSSR count). The van der Waals surface area contributed by atoms with Gasteiger partial charge in [-0.15, -0.1) is 0 Å². The molecule has 0 N–H and O–H groups in total. The predicted octanol–water partition coefficient (Wildman–Crippen LogP) is 4.09. The molecule has 27 heavy (non-hydrogen) atoms. The van der Waals surface area contributed by atoms with Gasteiger partial charge < -0.3 is 9.47 Å². The Kier molecular flexibility index (Phi) is 8.73. The van der Waals surface area contributed by atoms with E-state index in [2.05, 4.69) is 11.6 Å². The summed E-state index contributed by atoms with van der Waals surface area (Å²) in [6.07, 6.45) is 12.1. The third kappa shape index (κ3) is 7.67. The van der Waals surface area contributed by atoms with Gasteiger partial charge in [-0.05, 0) is 69.6 Å². The Balaban J connectivity index is 1.58. The maximum absolute atomic E-state index is 11.9. The van der Waals surface area contributed by atoms with Gasteiger partial charge in [0.15, 0.2) is 0 Å². The molecule has 2 fully saturated rings. The van der Waals surface area contributed by atoms with Gasteiger partial charge in [0.2, 0.25) is 12.9 Å². The highest BCUT2D eigenvalue weighted by Gasteiger charge is 2.28. The van der Waals surface area contributed by atoms with Gasteiger partial charge in [0.1, 0.15) is 0 Å². The van der Waals surface area contributed by atoms with Crippen molar-refractivity contribution in [3.05, 3.63) is 12.2 Å². The van der Waals surface area contributed by atoms with E-state index in [0.29, 0.717) is 12.3 Å². The summed E-state index contributed by atoms with van der Waals surface area (Å²) >= 11 is 0. The summed E-state index contributed by atoms with van der Waals surface area (Å²) < 4.78 is 9.76. The van der Waals surface area contributed by atoms with E-state index in [1.807, 2.05) is 0 Å². The summed E-state index contributed by atoms with van der Waals surface area (Å²) in [4.78, 5) is 37.3. The van der Waals surface area contributed by atoms with Crippen LogP contribution in [0.5, 0.6) is 0 Å². The van der Waals surface area contributed by atoms with Crippen LogP contribution in [0.2, 0.25) is 0 Å². The lowest BCUT2D eigenvalue weighted by atomic mass is 9.74. The number of hydrogen-bond acceptors (Lipinski definition) is 6. The van der Waals surface area contributed by atoms with Crippen LogP contribution >= 0.6 is 0 Å². The minimum absolute atomic E-state index is 0.190. The smallest absolute Gasteiger partial charge is 0.335 e. The van der Waals surface area contributed by atoms with E-state index in [0.717, 1.165) is 63.2 Å². The highest BCUT2D eigenvalue weighted by molar-refractivity contribution is 5.86. The van der Waals surface area contributed by atoms with Gasteiger partial charge in [0, 0.05) is 12.0 Å². The summed E-state index contributed by atoms with van der Waals surface area (Å²) in [5.74, 6) is 1.00. The van der Waals surface area contributed by atoms with Crippen molar-refractivity contribution in [3.63, 3.8) is 0 Å². The summed E-state index contributed by atoms with van der Waals surface area (Å²) in [5, 5.41) is 0. The first-order valence-corrected chi connectivity index (χ1v) is 10.0. The van der Waals surface area contributed by atoms with Crippen LogP contribution in [0.3, 0.4) is 0 Å². The van der Waals surface area contributed by atoms with Gasteiger partial charge in [-0.25, -0.2) is 14.6 Å². The van der Waals surface area contributed by atoms with Crippen LogP contribution in [0, 0.1) is 17.8 Å². The first-order valence-electron chi connectivity index (χ1n) is 10.0. The van der Waals surface area contributed by atoms with Crippen LogP contribution in [-0.4, -0.2) is 30.9 Å². The molecule has 150 valence electrons. The number of isocyanates is 1. The van der Waals surface area contributed by atoms with Crippen LogP contribution in [0.15, 0.2) is 17.1 Å². The Morgan fingerprint density at radius 3 is 2.07 bits per heavy atom. The predicted molar refractivity (Wildman–Crippen MR) is 100 cm³/mol. The van der Waals surface area contributed by atoms with Crippen molar-refractivity contribution in [2.45, 2.75) is 77.2 Å². The second-order valence-electron chi connectivity index (χ2n) is 8.07. The SMILES string of the molecule is C=C(C)C(=O)OCOC(=O)CC1CCC(CC2CCC(N=C=O)CC2)CC1. The molecule has 2 aliphatic rings. The molecule has 0 aromatic heterocycles. The number of carbonyl (C=O) groups is 2. The second kappa shape index (κ2) is 11.0. The zero-order chi connectivity index (χ0) is 19.6. The van der Waals surface area contributed by atoms with Crippen LogP contribution in [-0.2, 0) is 23.9 Å². The Labute approximate surface area is 161 Å². The molecule has 2 saturated carbocycles. The molecule has 0 aromatic rings. The minimum atomic E-state index is -0.546. The fraction of sp³-hybridized carbons (Fsp3) is 0.762. The van der Waals surface area contributed by atoms with E-state index < -0.39 is 5.97 Å². The molecule has 0 bridgehead atoms. The Hall–Kier alpha value is -1.94. The van der Waals surface area contributed by atoms with Gasteiger partial charge in [-0.2, -0.15) is 0 Å². The molecular formula is C21H31NO5. The average Bonchev–Trinajstić information content (AvgIpc) is 2.65. The maximum atomic E-state index is 11.9. The number of ether oxygens (including phenoxy) is 2. The molecule has 0 unspecified atom stereocenters. The topological polar surface area (TPSA) is 82.0 Å². The van der Waals surface area contributed by atoms with Crippen LogP contribution in [0.25, 0.3) is 0 Å². The fourth-order valence-corrected chi connectivity index (χ4v) is 4.29. The Morgan fingerprint density at radius 2 is 1.52 bits per heavy atom. The van der Waals surface area contributed by atoms with Crippen LogP contribution in [0.1, 0.15) is 71.1 Å². The number of nitrogens with zero attached hydrogens (tertiary/aromatic N) is 1. The quantitative estimate of drug-likeness (QED) is 0.209. The van der Waals surface area contributed by atoms with Gasteiger partial charge in [0.25, 0.3) is 0 Å². The van der Waals surface area contributed by atoms with Gasteiger partial charge in [0.05, 0.1) is 6.04 Å². The van der Waals surface area contributed by atoms with E-state index >= 15 is 0 Å². The van der Waals surface area contributed by atoms with Crippen molar-refractivity contribution in [2.24, 2.45) is 22.7 Å². The van der Waals surface area contributed by atoms with Gasteiger partial charge in [-0.3, -0.25) is 4.79 Å². The molecule has 0 spiro atoms. The first kappa shape index (κ1) is 21.4. The fourth-order valence-electron chi connectivity index (χ4n) is 4.29. The van der Waals surface area contributed by atoms with Gasteiger partial charge in [-0.1, -0.05) is 19.4 Å². The van der Waals surface area contributed by atoms with E-state index in [9.17, 15) is 14.4 Å². The Bertz CT molecular complexity index is 565. The molecule has 0 atom stereocenters. The summed E-state index contributed by atoms with van der Waals surface area (Å²) in [6.45, 7) is 4.68. The average molecular weight is 377 g/mol. The molecule has 0 radical (unpaired) electrons. The molecule has 6 nitrogen and oxygen atoms in total. The van der Waals surface area contributed by atoms with Gasteiger partial charge >= 0.3 is 11.9 Å². The van der Waals surface area contributed by atoms with E-state index in [4.69, 9.17) is 9.47 Å². The number of aliphatic imine (C=N–C) groups is 1. The summed E-state index contributed by atoms with van der Waals surface area (Å²) in [5.41, 5.74) is 0.286. The van der Waals surface area contributed by atoms with Crippen molar-refractivity contribution >= 4 is 18.0 Å². The van der Waals surface area contributed by atoms with Crippen molar-refractivity contribution in [1.82, 2.24) is 0 Å². The lowest BCUT2D eigenvalue weighted by Gasteiger charge is -2.33. The molecule has 0 heterocycles. The van der Waals surface area contributed by atoms with E-state index in [1.54, 1.807) is 13.0 Å². The molecule has 0 aliphatic heterocycles. The van der Waals surface area contributed by atoms with E-state index in [1.165, 1.54) is 6.42 Å². The summed E-state index contributed by atoms with van der Waals surface area (Å²) in [7, 11) is 0. The molecule has 6 heteroatoms. The maximum Gasteiger partial charge on any atom is 0.335 e.